The van der Waals surface area contributed by atoms with Crippen molar-refractivity contribution >= 4 is 56.7 Å². The molecular formula is C24H24ClFN6O3S. The molecule has 0 atom stereocenters. The van der Waals surface area contributed by atoms with Gasteiger partial charge in [-0.25, -0.2) is 19.2 Å². The molecule has 36 heavy (non-hydrogen) atoms. The van der Waals surface area contributed by atoms with Crippen molar-refractivity contribution in [1.29, 1.82) is 0 Å². The molecule has 2 N–H and O–H groups in total. The second kappa shape index (κ2) is 10.4. The Balaban J connectivity index is 1.24. The van der Waals surface area contributed by atoms with Crippen molar-refractivity contribution < 1.29 is 19.1 Å². The molecule has 188 valence electrons. The molecule has 4 heterocycles. The van der Waals surface area contributed by atoms with Gasteiger partial charge in [0.2, 0.25) is 5.91 Å². The first-order valence-electron chi connectivity index (χ1n) is 11.5. The van der Waals surface area contributed by atoms with Gasteiger partial charge >= 0.3 is 6.09 Å². The van der Waals surface area contributed by atoms with Crippen LogP contribution >= 0.6 is 22.9 Å². The number of aromatic nitrogens is 2. The van der Waals surface area contributed by atoms with E-state index in [4.69, 9.17) is 16.7 Å². The van der Waals surface area contributed by atoms with Gasteiger partial charge < -0.3 is 20.2 Å². The van der Waals surface area contributed by atoms with Gasteiger partial charge in [0.25, 0.3) is 0 Å². The molecule has 0 spiro atoms. The van der Waals surface area contributed by atoms with E-state index in [2.05, 4.69) is 20.2 Å². The maximum atomic E-state index is 13.5. The zero-order valence-corrected chi connectivity index (χ0v) is 20.9. The van der Waals surface area contributed by atoms with Crippen molar-refractivity contribution in [3.05, 3.63) is 58.0 Å². The smallest absolute Gasteiger partial charge is 0.407 e. The standard InChI is InChI=1S/C24H24ClFN6O3S/c25-17-12-15(3-4-18(17)26)29-22-21-16-5-7-32(13-19(16)36-23(21)28-14-27-22)20(33)2-1-6-30-8-10-31(11-9-30)24(34)35/h1-4,12,14H,5-11,13H2,(H,34,35)(H,27,28,29). The van der Waals surface area contributed by atoms with Crippen LogP contribution in [0.4, 0.5) is 20.7 Å². The number of nitrogens with one attached hydrogen (secondary N) is 1. The molecule has 5 rings (SSSR count). The molecule has 2 aromatic heterocycles. The Morgan fingerprint density at radius 1 is 1.17 bits per heavy atom. The van der Waals surface area contributed by atoms with E-state index in [9.17, 15) is 14.0 Å². The Kier molecular flexibility index (Phi) is 7.04. The van der Waals surface area contributed by atoms with Crippen LogP contribution in [0.5, 0.6) is 0 Å². The number of nitrogens with zero attached hydrogens (tertiary/aromatic N) is 5. The van der Waals surface area contributed by atoms with Crippen molar-refractivity contribution in [2.75, 3.05) is 44.6 Å². The molecule has 2 aliphatic heterocycles. The number of carboxylic acid groups (broad SMARTS) is 1. The lowest BCUT2D eigenvalue weighted by Crippen LogP contribution is -2.48. The van der Waals surface area contributed by atoms with Gasteiger partial charge in [0.05, 0.1) is 17.0 Å². The summed E-state index contributed by atoms with van der Waals surface area (Å²) in [7, 11) is 0. The predicted molar refractivity (Wildman–Crippen MR) is 136 cm³/mol. The lowest BCUT2D eigenvalue weighted by molar-refractivity contribution is -0.126. The van der Waals surface area contributed by atoms with Gasteiger partial charge in [-0.15, -0.1) is 11.3 Å². The number of halogens is 2. The van der Waals surface area contributed by atoms with Crippen molar-refractivity contribution in [2.24, 2.45) is 0 Å². The summed E-state index contributed by atoms with van der Waals surface area (Å²) in [6.45, 7) is 3.95. The van der Waals surface area contributed by atoms with Crippen molar-refractivity contribution in [3.8, 4) is 0 Å². The Morgan fingerprint density at radius 2 is 1.97 bits per heavy atom. The van der Waals surface area contributed by atoms with E-state index in [1.165, 1.54) is 23.4 Å². The van der Waals surface area contributed by atoms with Gasteiger partial charge in [0, 0.05) is 55.9 Å². The van der Waals surface area contributed by atoms with E-state index >= 15 is 0 Å². The minimum atomic E-state index is -0.889. The van der Waals surface area contributed by atoms with Crippen LogP contribution in [0.25, 0.3) is 10.2 Å². The number of hydrogen-bond donors (Lipinski definition) is 2. The number of carbonyl (C=O) groups is 2. The molecule has 1 saturated heterocycles. The number of benzene rings is 1. The number of thiophene rings is 1. The van der Waals surface area contributed by atoms with E-state index in [1.54, 1.807) is 23.5 Å². The highest BCUT2D eigenvalue weighted by atomic mass is 35.5. The van der Waals surface area contributed by atoms with Crippen LogP contribution in [-0.2, 0) is 17.8 Å². The van der Waals surface area contributed by atoms with Crippen molar-refractivity contribution in [2.45, 2.75) is 13.0 Å². The summed E-state index contributed by atoms with van der Waals surface area (Å²) < 4.78 is 13.5. The first kappa shape index (κ1) is 24.4. The molecule has 0 radical (unpaired) electrons. The van der Waals surface area contributed by atoms with Crippen molar-refractivity contribution in [3.63, 3.8) is 0 Å². The summed E-state index contributed by atoms with van der Waals surface area (Å²) in [5.74, 6) is 0.0954. The number of carbonyl (C=O) groups excluding carboxylic acids is 1. The molecule has 0 aliphatic carbocycles. The third-order valence-electron chi connectivity index (χ3n) is 6.40. The lowest BCUT2D eigenvalue weighted by Gasteiger charge is -2.32. The summed E-state index contributed by atoms with van der Waals surface area (Å²) in [5.41, 5.74) is 1.75. The quantitative estimate of drug-likeness (QED) is 0.481. The van der Waals surface area contributed by atoms with Crippen LogP contribution in [-0.4, -0.2) is 81.0 Å². The summed E-state index contributed by atoms with van der Waals surface area (Å²) in [5, 5.41) is 13.2. The molecule has 2 amide bonds. The third kappa shape index (κ3) is 5.13. The number of amides is 2. The summed E-state index contributed by atoms with van der Waals surface area (Å²) >= 11 is 7.47. The molecule has 0 unspecified atom stereocenters. The highest BCUT2D eigenvalue weighted by Crippen LogP contribution is 2.38. The molecule has 12 heteroatoms. The van der Waals surface area contributed by atoms with E-state index in [1.807, 2.05) is 11.0 Å². The SMILES string of the molecule is O=C(O)N1CCN(CC=CC(=O)N2CCc3c(sc4ncnc(Nc5ccc(F)c(Cl)c5)c34)C2)CC1. The zero-order chi connectivity index (χ0) is 25.2. The van der Waals surface area contributed by atoms with Crippen LogP contribution in [0.2, 0.25) is 5.02 Å². The summed E-state index contributed by atoms with van der Waals surface area (Å²) in [4.78, 5) is 39.9. The van der Waals surface area contributed by atoms with Crippen LogP contribution in [0.1, 0.15) is 10.4 Å². The van der Waals surface area contributed by atoms with Gasteiger partial charge in [-0.2, -0.15) is 0 Å². The zero-order valence-electron chi connectivity index (χ0n) is 19.3. The molecule has 1 fully saturated rings. The fourth-order valence-corrected chi connectivity index (χ4v) is 5.83. The van der Waals surface area contributed by atoms with Crippen LogP contribution in [0.3, 0.4) is 0 Å². The third-order valence-corrected chi connectivity index (χ3v) is 7.81. The van der Waals surface area contributed by atoms with Gasteiger partial charge in [0.1, 0.15) is 22.8 Å². The van der Waals surface area contributed by atoms with Crippen LogP contribution in [0.15, 0.2) is 36.7 Å². The maximum Gasteiger partial charge on any atom is 0.407 e. The number of piperazine rings is 1. The maximum absolute atomic E-state index is 13.5. The average Bonchev–Trinajstić information content (AvgIpc) is 3.25. The lowest BCUT2D eigenvalue weighted by atomic mass is 10.0. The Morgan fingerprint density at radius 3 is 2.72 bits per heavy atom. The Labute approximate surface area is 215 Å². The average molecular weight is 531 g/mol. The first-order valence-corrected chi connectivity index (χ1v) is 12.7. The van der Waals surface area contributed by atoms with Gasteiger partial charge in [-0.05, 0) is 30.2 Å². The number of rotatable bonds is 5. The second-order valence-electron chi connectivity index (χ2n) is 8.64. The normalized spacial score (nSPS) is 16.5. The highest BCUT2D eigenvalue weighted by molar-refractivity contribution is 7.19. The monoisotopic (exact) mass is 530 g/mol. The Hall–Kier alpha value is -3.28. The fraction of sp³-hybridized carbons (Fsp3) is 0.333. The number of fused-ring (bicyclic) bond motifs is 3. The molecular weight excluding hydrogens is 507 g/mol. The minimum absolute atomic E-state index is 0.0300. The summed E-state index contributed by atoms with van der Waals surface area (Å²) in [6.07, 6.45) is 4.73. The largest absolute Gasteiger partial charge is 0.465 e. The fourth-order valence-electron chi connectivity index (χ4n) is 4.45. The molecule has 0 bridgehead atoms. The summed E-state index contributed by atoms with van der Waals surface area (Å²) in [6, 6.07) is 4.42. The van der Waals surface area contributed by atoms with E-state index in [0.717, 1.165) is 20.7 Å². The molecule has 1 aromatic carbocycles. The highest BCUT2D eigenvalue weighted by Gasteiger charge is 2.26. The van der Waals surface area contributed by atoms with Crippen LogP contribution < -0.4 is 5.32 Å². The number of hydrogen-bond acceptors (Lipinski definition) is 7. The van der Waals surface area contributed by atoms with E-state index < -0.39 is 11.9 Å². The first-order chi connectivity index (χ1) is 17.4. The van der Waals surface area contributed by atoms with E-state index in [-0.39, 0.29) is 10.9 Å². The number of anilines is 2. The van der Waals surface area contributed by atoms with E-state index in [0.29, 0.717) is 63.7 Å². The predicted octanol–water partition coefficient (Wildman–Crippen LogP) is 3.96. The van der Waals surface area contributed by atoms with Gasteiger partial charge in [0.15, 0.2) is 0 Å². The van der Waals surface area contributed by atoms with Crippen molar-refractivity contribution in [1.82, 2.24) is 24.7 Å². The topological polar surface area (TPSA) is 102 Å². The molecule has 0 saturated carbocycles. The molecule has 3 aromatic rings. The molecule has 2 aliphatic rings. The Bertz CT molecular complexity index is 1340. The van der Waals surface area contributed by atoms with Crippen LogP contribution in [0, 0.1) is 5.82 Å². The second-order valence-corrected chi connectivity index (χ2v) is 10.1. The van der Waals surface area contributed by atoms with Gasteiger partial charge in [-0.1, -0.05) is 17.7 Å². The molecule has 9 nitrogen and oxygen atoms in total. The minimum Gasteiger partial charge on any atom is -0.465 e. The van der Waals surface area contributed by atoms with Gasteiger partial charge in [-0.3, -0.25) is 9.69 Å².